The third-order valence-electron chi connectivity index (χ3n) is 10.6. The number of piperidine rings is 1. The molecule has 0 aliphatic carbocycles. The van der Waals surface area contributed by atoms with Crippen molar-refractivity contribution in [2.24, 2.45) is 28.6 Å². The SMILES string of the molecule is C=C.C=C.C=C(CCC(C)(C)C(=C)C(C)C)N(CCCCc1nsnc1N1CCCCC1)C(C)(C)C.C=CC.C=CC.CC=CC(C)(CCC(C)=O)C(C)C(C)C. The molecule has 0 aromatic carbocycles. The molecule has 6 heteroatoms. The number of rotatable bonds is 18. The van der Waals surface area contributed by atoms with Crippen molar-refractivity contribution in [2.75, 3.05) is 24.5 Å². The minimum Gasteiger partial charge on any atom is -0.370 e. The number of anilines is 1. The molecule has 0 radical (unpaired) electrons. The summed E-state index contributed by atoms with van der Waals surface area (Å²) in [6.45, 7) is 63.5. The van der Waals surface area contributed by atoms with Gasteiger partial charge in [0.25, 0.3) is 0 Å². The maximum absolute atomic E-state index is 11.1. The van der Waals surface area contributed by atoms with Gasteiger partial charge in [-0.1, -0.05) is 98.4 Å². The highest BCUT2D eigenvalue weighted by molar-refractivity contribution is 6.99. The molecule has 1 fully saturated rings. The first kappa shape index (κ1) is 60.7. The average Bonchev–Trinajstić information content (AvgIpc) is 3.63. The second-order valence-corrected chi connectivity index (χ2v) is 18.1. The van der Waals surface area contributed by atoms with Crippen LogP contribution in [0.25, 0.3) is 0 Å². The van der Waals surface area contributed by atoms with Gasteiger partial charge in [0, 0.05) is 37.3 Å². The zero-order chi connectivity index (χ0) is 45.4. The summed E-state index contributed by atoms with van der Waals surface area (Å²) in [7, 11) is 0. The van der Waals surface area contributed by atoms with E-state index in [0.29, 0.717) is 30.0 Å². The number of aryl methyl sites for hydroxylation is 1. The van der Waals surface area contributed by atoms with E-state index in [1.807, 2.05) is 13.8 Å². The minimum atomic E-state index is 0.0808. The van der Waals surface area contributed by atoms with Crippen molar-refractivity contribution >= 4 is 23.3 Å². The van der Waals surface area contributed by atoms with Crippen molar-refractivity contribution in [3.8, 4) is 0 Å². The summed E-state index contributed by atoms with van der Waals surface area (Å²) in [5.74, 6) is 3.22. The summed E-state index contributed by atoms with van der Waals surface area (Å²) in [6, 6.07) is 0. The number of carbonyl (C=O) groups is 1. The second-order valence-electron chi connectivity index (χ2n) is 17.5. The molecule has 0 amide bonds. The molecule has 330 valence electrons. The Morgan fingerprint density at radius 1 is 0.825 bits per heavy atom. The lowest BCUT2D eigenvalue weighted by molar-refractivity contribution is -0.117. The van der Waals surface area contributed by atoms with E-state index in [9.17, 15) is 4.79 Å². The fraction of sp³-hybridized carbons (Fsp3) is 0.667. The Balaban J connectivity index is -0.000000467. The van der Waals surface area contributed by atoms with Gasteiger partial charge < -0.3 is 14.6 Å². The smallest absolute Gasteiger partial charge is 0.165 e. The first-order chi connectivity index (χ1) is 26.6. The van der Waals surface area contributed by atoms with Crippen LogP contribution < -0.4 is 4.90 Å². The molecular formula is C51H94N4OS. The molecule has 1 aliphatic heterocycles. The Labute approximate surface area is 361 Å². The summed E-state index contributed by atoms with van der Waals surface area (Å²) >= 11 is 1.37. The lowest BCUT2D eigenvalue weighted by Crippen LogP contribution is -2.41. The van der Waals surface area contributed by atoms with Crippen LogP contribution in [-0.4, -0.2) is 44.6 Å². The van der Waals surface area contributed by atoms with E-state index < -0.39 is 0 Å². The Bertz CT molecular complexity index is 1240. The van der Waals surface area contributed by atoms with Gasteiger partial charge in [0.15, 0.2) is 5.82 Å². The van der Waals surface area contributed by atoms with Crippen molar-refractivity contribution in [3.63, 3.8) is 0 Å². The van der Waals surface area contributed by atoms with E-state index in [1.54, 1.807) is 19.1 Å². The fourth-order valence-electron chi connectivity index (χ4n) is 6.82. The van der Waals surface area contributed by atoms with Gasteiger partial charge in [-0.25, -0.2) is 0 Å². The molecule has 2 atom stereocenters. The number of unbranched alkanes of at least 4 members (excludes halogenated alkanes) is 1. The largest absolute Gasteiger partial charge is 0.370 e. The molecule has 0 bridgehead atoms. The van der Waals surface area contributed by atoms with Gasteiger partial charge >= 0.3 is 0 Å². The van der Waals surface area contributed by atoms with Crippen LogP contribution >= 0.6 is 11.7 Å². The lowest BCUT2D eigenvalue weighted by atomic mass is 9.69. The summed E-state index contributed by atoms with van der Waals surface area (Å²) in [6.07, 6.45) is 18.9. The third kappa shape index (κ3) is 26.6. The number of Topliss-reactive ketones (excluding diaryl/α,β-unsaturated/α-hetero) is 1. The van der Waals surface area contributed by atoms with Crippen LogP contribution in [0.3, 0.4) is 0 Å². The van der Waals surface area contributed by atoms with Crippen molar-refractivity contribution in [2.45, 2.75) is 174 Å². The van der Waals surface area contributed by atoms with E-state index in [2.05, 4.69) is 166 Å². The second kappa shape index (κ2) is 33.9. The third-order valence-corrected chi connectivity index (χ3v) is 11.2. The van der Waals surface area contributed by atoms with E-state index in [0.717, 1.165) is 64.0 Å². The van der Waals surface area contributed by atoms with Crippen LogP contribution in [0.5, 0.6) is 0 Å². The standard InChI is InChI=1S/C27H48N4S.C14H26O.2C3H6.2C2H4/c1-21(2)23(4)27(8,9)17-16-22(3)31(26(5,6)7)20-14-11-15-24-25(29-32-28-24)30-18-12-10-13-19-30;1-7-9-14(6,10-8-12(4)15)13(5)11(2)3;2*1-3-2;2*1-2/h21H,3-4,10-20H2,1-2,5-9H3;7,9,11,13H,8,10H2,1-6H3;2*3H,1H2,2H3;2*1-2H2. The molecule has 0 spiro atoms. The van der Waals surface area contributed by atoms with E-state index in [1.165, 1.54) is 48.0 Å². The molecule has 1 aromatic heterocycles. The Hall–Kier alpha value is -2.99. The molecule has 2 rings (SSSR count). The number of aromatic nitrogens is 2. The van der Waals surface area contributed by atoms with Gasteiger partial charge in [-0.2, -0.15) is 8.75 Å². The maximum atomic E-state index is 11.1. The summed E-state index contributed by atoms with van der Waals surface area (Å²) in [5.41, 5.74) is 4.18. The summed E-state index contributed by atoms with van der Waals surface area (Å²) in [5, 5.41) is 0. The van der Waals surface area contributed by atoms with Gasteiger partial charge in [-0.05, 0) is 135 Å². The van der Waals surface area contributed by atoms with Crippen molar-refractivity contribution in [3.05, 3.63) is 93.9 Å². The van der Waals surface area contributed by atoms with Crippen LogP contribution in [0.4, 0.5) is 5.82 Å². The molecule has 1 saturated heterocycles. The summed E-state index contributed by atoms with van der Waals surface area (Å²) in [4.78, 5) is 16.0. The first-order valence-electron chi connectivity index (χ1n) is 21.6. The van der Waals surface area contributed by atoms with Crippen molar-refractivity contribution in [1.29, 1.82) is 0 Å². The van der Waals surface area contributed by atoms with Gasteiger partial charge in [0.05, 0.1) is 17.4 Å². The molecule has 2 unspecified atom stereocenters. The van der Waals surface area contributed by atoms with Gasteiger partial charge in [-0.15, -0.1) is 39.5 Å². The highest BCUT2D eigenvalue weighted by atomic mass is 32.1. The molecular weight excluding hydrogens is 717 g/mol. The highest BCUT2D eigenvalue weighted by Gasteiger charge is 2.30. The molecule has 0 N–H and O–H groups in total. The molecule has 2 heterocycles. The van der Waals surface area contributed by atoms with Crippen LogP contribution in [-0.2, 0) is 11.2 Å². The van der Waals surface area contributed by atoms with Crippen LogP contribution in [0.2, 0.25) is 0 Å². The topological polar surface area (TPSA) is 49.3 Å². The monoisotopic (exact) mass is 811 g/mol. The number of hydrogen-bond donors (Lipinski definition) is 0. The van der Waals surface area contributed by atoms with Crippen LogP contribution in [0, 0.1) is 28.6 Å². The average molecular weight is 811 g/mol. The van der Waals surface area contributed by atoms with E-state index in [4.69, 9.17) is 0 Å². The minimum absolute atomic E-state index is 0.0808. The lowest BCUT2D eigenvalue weighted by Gasteiger charge is -2.40. The van der Waals surface area contributed by atoms with E-state index >= 15 is 0 Å². The molecule has 1 aliphatic rings. The van der Waals surface area contributed by atoms with Gasteiger partial charge in [0.2, 0.25) is 0 Å². The maximum Gasteiger partial charge on any atom is 0.165 e. The first-order valence-corrected chi connectivity index (χ1v) is 22.3. The quantitative estimate of drug-likeness (QED) is 0.109. The zero-order valence-electron chi connectivity index (χ0n) is 40.5. The predicted octanol–water partition coefficient (Wildman–Crippen LogP) is 15.7. The molecule has 1 aromatic rings. The number of nitrogens with zero attached hydrogens (tertiary/aromatic N) is 4. The Morgan fingerprint density at radius 2 is 1.33 bits per heavy atom. The predicted molar refractivity (Wildman–Crippen MR) is 263 cm³/mol. The van der Waals surface area contributed by atoms with Crippen LogP contribution in [0.15, 0.2) is 88.2 Å². The van der Waals surface area contributed by atoms with Gasteiger partial charge in [0.1, 0.15) is 5.78 Å². The van der Waals surface area contributed by atoms with Gasteiger partial charge in [-0.3, -0.25) is 0 Å². The highest BCUT2D eigenvalue weighted by Crippen LogP contribution is 2.39. The Kier molecular flexibility index (Phi) is 36.1. The number of hydrogen-bond acceptors (Lipinski definition) is 6. The zero-order valence-corrected chi connectivity index (χ0v) is 41.3. The normalized spacial score (nSPS) is 13.9. The number of carbonyl (C=O) groups excluding carboxylic acids is 1. The Morgan fingerprint density at radius 3 is 1.75 bits per heavy atom. The number of allylic oxidation sites excluding steroid dienone is 6. The molecule has 0 saturated carbocycles. The molecule has 57 heavy (non-hydrogen) atoms. The molecule has 5 nitrogen and oxygen atoms in total. The van der Waals surface area contributed by atoms with Crippen molar-refractivity contribution in [1.82, 2.24) is 13.6 Å². The summed E-state index contributed by atoms with van der Waals surface area (Å²) < 4.78 is 9.25. The fourth-order valence-corrected chi connectivity index (χ4v) is 7.43. The van der Waals surface area contributed by atoms with Crippen LogP contribution in [0.1, 0.15) is 167 Å². The van der Waals surface area contributed by atoms with Crippen molar-refractivity contribution < 1.29 is 4.79 Å². The number of ketones is 1. The van der Waals surface area contributed by atoms with E-state index in [-0.39, 0.29) is 16.4 Å².